The Labute approximate surface area is 116 Å². The third-order valence-corrected chi connectivity index (χ3v) is 3.77. The predicted octanol–water partition coefficient (Wildman–Crippen LogP) is 4.37. The van der Waals surface area contributed by atoms with E-state index in [9.17, 15) is 0 Å². The first-order chi connectivity index (χ1) is 9.26. The van der Waals surface area contributed by atoms with Crippen LogP contribution in [0.25, 0.3) is 11.1 Å². The fourth-order valence-corrected chi connectivity index (χ4v) is 2.51. The van der Waals surface area contributed by atoms with Crippen LogP contribution in [0.4, 0.5) is 0 Å². The Morgan fingerprint density at radius 3 is 2.42 bits per heavy atom. The van der Waals surface area contributed by atoms with E-state index in [1.165, 1.54) is 22.3 Å². The van der Waals surface area contributed by atoms with Gasteiger partial charge in [-0.1, -0.05) is 62.4 Å². The summed E-state index contributed by atoms with van der Waals surface area (Å²) in [6.07, 6.45) is 2.11. The van der Waals surface area contributed by atoms with Gasteiger partial charge >= 0.3 is 0 Å². The Kier molecular flexibility index (Phi) is 4.75. The third kappa shape index (κ3) is 3.24. The van der Waals surface area contributed by atoms with Gasteiger partial charge in [0.25, 0.3) is 0 Å². The second kappa shape index (κ2) is 6.53. The number of hydrogen-bond donors (Lipinski definition) is 1. The molecule has 0 aromatic heterocycles. The highest BCUT2D eigenvalue weighted by atomic mass is 14.5. The van der Waals surface area contributed by atoms with Crippen molar-refractivity contribution in [3.8, 4) is 11.1 Å². The van der Waals surface area contributed by atoms with Crippen molar-refractivity contribution in [1.82, 2.24) is 0 Å². The van der Waals surface area contributed by atoms with Gasteiger partial charge in [-0.05, 0) is 47.6 Å². The molecule has 100 valence electrons. The first-order valence-corrected chi connectivity index (χ1v) is 7.14. The number of aryl methyl sites for hydroxylation is 1. The average Bonchev–Trinajstić information content (AvgIpc) is 2.47. The Bertz CT molecular complexity index is 516. The molecule has 1 nitrogen and oxygen atoms in total. The first kappa shape index (κ1) is 13.8. The Hall–Kier alpha value is -1.60. The van der Waals surface area contributed by atoms with Crippen molar-refractivity contribution in [2.75, 3.05) is 6.54 Å². The lowest BCUT2D eigenvalue weighted by Gasteiger charge is -2.15. The Balaban J connectivity index is 2.43. The molecule has 2 N–H and O–H groups in total. The van der Waals surface area contributed by atoms with E-state index in [0.29, 0.717) is 5.92 Å². The maximum Gasteiger partial charge on any atom is -0.00715 e. The number of hydrogen-bond acceptors (Lipinski definition) is 1. The Morgan fingerprint density at radius 1 is 1.05 bits per heavy atom. The molecule has 0 aliphatic heterocycles. The average molecular weight is 253 g/mol. The fourth-order valence-electron chi connectivity index (χ4n) is 2.51. The van der Waals surface area contributed by atoms with E-state index in [4.69, 9.17) is 5.73 Å². The highest BCUT2D eigenvalue weighted by molar-refractivity contribution is 5.68. The standard InChI is InChI=1S/C18H23N/c1-3-15-9-10-17(14(2)11-12-19)13-18(15)16-7-5-4-6-8-16/h4-10,13-14H,3,11-12,19H2,1-2H3. The SMILES string of the molecule is CCc1ccc(C(C)CCN)cc1-c1ccccc1. The maximum atomic E-state index is 5.67. The summed E-state index contributed by atoms with van der Waals surface area (Å²) in [6.45, 7) is 5.21. The molecule has 1 unspecified atom stereocenters. The topological polar surface area (TPSA) is 26.0 Å². The summed E-state index contributed by atoms with van der Waals surface area (Å²) in [7, 11) is 0. The van der Waals surface area contributed by atoms with Crippen LogP contribution >= 0.6 is 0 Å². The van der Waals surface area contributed by atoms with E-state index in [-0.39, 0.29) is 0 Å². The van der Waals surface area contributed by atoms with Crippen LogP contribution < -0.4 is 5.73 Å². The molecule has 0 spiro atoms. The second-order valence-corrected chi connectivity index (χ2v) is 5.11. The summed E-state index contributed by atoms with van der Waals surface area (Å²) in [4.78, 5) is 0. The molecule has 0 saturated carbocycles. The highest BCUT2D eigenvalue weighted by Gasteiger charge is 2.09. The van der Waals surface area contributed by atoms with Crippen molar-refractivity contribution >= 4 is 0 Å². The van der Waals surface area contributed by atoms with Crippen molar-refractivity contribution in [1.29, 1.82) is 0 Å². The molecule has 1 heteroatoms. The van der Waals surface area contributed by atoms with Gasteiger partial charge in [-0.15, -0.1) is 0 Å². The minimum absolute atomic E-state index is 0.526. The molecule has 0 bridgehead atoms. The van der Waals surface area contributed by atoms with Crippen molar-refractivity contribution in [2.45, 2.75) is 32.6 Å². The quantitative estimate of drug-likeness (QED) is 0.841. The molecule has 2 rings (SSSR count). The lowest BCUT2D eigenvalue weighted by molar-refractivity contribution is 0.690. The third-order valence-electron chi connectivity index (χ3n) is 3.77. The molecule has 0 radical (unpaired) electrons. The van der Waals surface area contributed by atoms with Crippen molar-refractivity contribution in [3.63, 3.8) is 0 Å². The fraction of sp³-hybridized carbons (Fsp3) is 0.333. The van der Waals surface area contributed by atoms with Gasteiger partial charge in [0.2, 0.25) is 0 Å². The van der Waals surface area contributed by atoms with Crippen LogP contribution in [0.3, 0.4) is 0 Å². The minimum Gasteiger partial charge on any atom is -0.330 e. The molecule has 1 atom stereocenters. The van der Waals surface area contributed by atoms with E-state index in [2.05, 4.69) is 62.4 Å². The zero-order valence-electron chi connectivity index (χ0n) is 11.9. The van der Waals surface area contributed by atoms with Gasteiger partial charge in [-0.3, -0.25) is 0 Å². The lowest BCUT2D eigenvalue weighted by Crippen LogP contribution is -2.05. The summed E-state index contributed by atoms with van der Waals surface area (Å²) >= 11 is 0. The van der Waals surface area contributed by atoms with E-state index in [0.717, 1.165) is 19.4 Å². The Morgan fingerprint density at radius 2 is 1.79 bits per heavy atom. The molecule has 2 aromatic carbocycles. The van der Waals surface area contributed by atoms with Gasteiger partial charge in [-0.2, -0.15) is 0 Å². The van der Waals surface area contributed by atoms with E-state index >= 15 is 0 Å². The van der Waals surface area contributed by atoms with Crippen LogP contribution in [-0.4, -0.2) is 6.54 Å². The van der Waals surface area contributed by atoms with Gasteiger partial charge in [-0.25, -0.2) is 0 Å². The zero-order valence-corrected chi connectivity index (χ0v) is 11.9. The molecule has 19 heavy (non-hydrogen) atoms. The molecule has 0 amide bonds. The van der Waals surface area contributed by atoms with Gasteiger partial charge < -0.3 is 5.73 Å². The molecular weight excluding hydrogens is 230 g/mol. The van der Waals surface area contributed by atoms with Crippen molar-refractivity contribution in [3.05, 3.63) is 59.7 Å². The van der Waals surface area contributed by atoms with Crippen LogP contribution in [0.5, 0.6) is 0 Å². The molecular formula is C18H23N. The van der Waals surface area contributed by atoms with Crippen molar-refractivity contribution in [2.24, 2.45) is 5.73 Å². The van der Waals surface area contributed by atoms with E-state index in [1.807, 2.05) is 0 Å². The molecule has 0 aliphatic rings. The summed E-state index contributed by atoms with van der Waals surface area (Å²) in [6, 6.07) is 17.5. The van der Waals surface area contributed by atoms with Crippen LogP contribution in [0, 0.1) is 0 Å². The maximum absolute atomic E-state index is 5.67. The van der Waals surface area contributed by atoms with E-state index in [1.54, 1.807) is 0 Å². The van der Waals surface area contributed by atoms with Crippen LogP contribution in [-0.2, 0) is 6.42 Å². The minimum atomic E-state index is 0.526. The van der Waals surface area contributed by atoms with Gasteiger partial charge in [0.15, 0.2) is 0 Å². The van der Waals surface area contributed by atoms with Gasteiger partial charge in [0, 0.05) is 0 Å². The zero-order chi connectivity index (χ0) is 13.7. The summed E-state index contributed by atoms with van der Waals surface area (Å²) < 4.78 is 0. The molecule has 0 aliphatic carbocycles. The van der Waals surface area contributed by atoms with Crippen LogP contribution in [0.15, 0.2) is 48.5 Å². The van der Waals surface area contributed by atoms with Gasteiger partial charge in [0.05, 0.1) is 0 Å². The second-order valence-electron chi connectivity index (χ2n) is 5.11. The monoisotopic (exact) mass is 253 g/mol. The van der Waals surface area contributed by atoms with Gasteiger partial charge in [0.1, 0.15) is 0 Å². The smallest absolute Gasteiger partial charge is 0.00715 e. The predicted molar refractivity (Wildman–Crippen MR) is 83.3 cm³/mol. The highest BCUT2D eigenvalue weighted by Crippen LogP contribution is 2.29. The van der Waals surface area contributed by atoms with Crippen molar-refractivity contribution < 1.29 is 0 Å². The molecule has 0 saturated heterocycles. The summed E-state index contributed by atoms with van der Waals surface area (Å²) in [5.74, 6) is 0.526. The normalized spacial score (nSPS) is 12.4. The number of nitrogens with two attached hydrogens (primary N) is 1. The molecule has 0 fully saturated rings. The lowest BCUT2D eigenvalue weighted by atomic mass is 9.90. The molecule has 2 aromatic rings. The van der Waals surface area contributed by atoms with Crippen LogP contribution in [0.2, 0.25) is 0 Å². The van der Waals surface area contributed by atoms with Crippen LogP contribution in [0.1, 0.15) is 37.3 Å². The summed E-state index contributed by atoms with van der Waals surface area (Å²) in [5, 5.41) is 0. The number of benzene rings is 2. The largest absolute Gasteiger partial charge is 0.330 e. The number of rotatable bonds is 5. The summed E-state index contributed by atoms with van der Waals surface area (Å²) in [5.41, 5.74) is 11.1. The van der Waals surface area contributed by atoms with E-state index < -0.39 is 0 Å². The molecule has 0 heterocycles. The first-order valence-electron chi connectivity index (χ1n) is 7.14.